The number of nitrogens with one attached hydrogen (secondary N) is 1. The van der Waals surface area contributed by atoms with Crippen molar-refractivity contribution in [3.63, 3.8) is 0 Å². The number of benzene rings is 3. The molecule has 3 heterocycles. The summed E-state index contributed by atoms with van der Waals surface area (Å²) in [5, 5.41) is 2.90. The van der Waals surface area contributed by atoms with E-state index in [4.69, 9.17) is 14.2 Å². The van der Waals surface area contributed by atoms with E-state index in [1.54, 1.807) is 48.3 Å². The third kappa shape index (κ3) is 2.88. The van der Waals surface area contributed by atoms with Crippen molar-refractivity contribution < 1.29 is 28.2 Å². The van der Waals surface area contributed by atoms with Crippen molar-refractivity contribution in [1.82, 2.24) is 5.32 Å². The van der Waals surface area contributed by atoms with Crippen LogP contribution in [0.2, 0.25) is 0 Å². The number of fused-ring (bicyclic) bond motifs is 5. The zero-order valence-electron chi connectivity index (χ0n) is 18.4. The molecule has 2 amide bonds. The number of hydrogen-bond acceptors (Lipinski definition) is 5. The maximum absolute atomic E-state index is 13.7. The Labute approximate surface area is 195 Å². The molecular weight excluding hydrogens is 439 g/mol. The number of rotatable bonds is 3. The molecule has 6 rings (SSSR count). The minimum Gasteiger partial charge on any atom is -0.491 e. The van der Waals surface area contributed by atoms with E-state index in [0.29, 0.717) is 52.8 Å². The highest BCUT2D eigenvalue weighted by Gasteiger charge is 2.58. The van der Waals surface area contributed by atoms with Crippen LogP contribution >= 0.6 is 0 Å². The van der Waals surface area contributed by atoms with Gasteiger partial charge in [0.15, 0.2) is 11.5 Å². The Morgan fingerprint density at radius 3 is 2.53 bits per heavy atom. The highest BCUT2D eigenvalue weighted by molar-refractivity contribution is 6.14. The van der Waals surface area contributed by atoms with Gasteiger partial charge in [-0.1, -0.05) is 18.2 Å². The molecule has 172 valence electrons. The SMILES string of the molecule is CN1C(=O)[C@]2(COc3cc4c(cc32)OCCO4)c2c(C(=O)NCc3ccc(F)cc3)cccc21. The molecule has 3 aliphatic heterocycles. The van der Waals surface area contributed by atoms with Crippen LogP contribution in [0.15, 0.2) is 54.6 Å². The molecule has 3 aromatic rings. The van der Waals surface area contributed by atoms with Gasteiger partial charge in [0.2, 0.25) is 5.91 Å². The van der Waals surface area contributed by atoms with Crippen LogP contribution in [0.25, 0.3) is 0 Å². The van der Waals surface area contributed by atoms with E-state index in [1.807, 2.05) is 6.07 Å². The lowest BCUT2D eigenvalue weighted by molar-refractivity contribution is -0.121. The second-order valence-electron chi connectivity index (χ2n) is 8.56. The molecule has 0 aromatic heterocycles. The summed E-state index contributed by atoms with van der Waals surface area (Å²) in [6.07, 6.45) is 0. The number of ether oxygens (including phenoxy) is 3. The summed E-state index contributed by atoms with van der Waals surface area (Å²) in [6, 6.07) is 14.8. The first-order valence-corrected chi connectivity index (χ1v) is 11.0. The first kappa shape index (κ1) is 20.5. The highest BCUT2D eigenvalue weighted by atomic mass is 19.1. The fourth-order valence-corrected chi connectivity index (χ4v) is 5.01. The summed E-state index contributed by atoms with van der Waals surface area (Å²) < 4.78 is 30.7. The first-order chi connectivity index (χ1) is 16.5. The Morgan fingerprint density at radius 1 is 1.03 bits per heavy atom. The standard InChI is InChI=1S/C26H21FN2O5/c1-29-19-4-2-3-17(24(30)28-13-15-5-7-16(27)8-6-15)23(19)26(25(29)31)14-34-20-12-22-21(11-18(20)26)32-9-10-33-22/h2-8,11-12H,9-10,13-14H2,1H3,(H,28,30)/t26-/m0/s1. The molecule has 3 aliphatic rings. The normalized spacial score (nSPS) is 19.6. The molecule has 0 unspecified atom stereocenters. The van der Waals surface area contributed by atoms with Crippen LogP contribution in [0.5, 0.6) is 17.2 Å². The third-order valence-corrected chi connectivity index (χ3v) is 6.66. The summed E-state index contributed by atoms with van der Waals surface area (Å²) in [7, 11) is 1.70. The van der Waals surface area contributed by atoms with Crippen molar-refractivity contribution in [3.8, 4) is 17.2 Å². The van der Waals surface area contributed by atoms with Crippen molar-refractivity contribution >= 4 is 17.5 Å². The highest BCUT2D eigenvalue weighted by Crippen LogP contribution is 2.55. The Bertz CT molecular complexity index is 1340. The molecule has 7 nitrogen and oxygen atoms in total. The van der Waals surface area contributed by atoms with Gasteiger partial charge in [-0.05, 0) is 35.9 Å². The van der Waals surface area contributed by atoms with E-state index < -0.39 is 5.41 Å². The third-order valence-electron chi connectivity index (χ3n) is 6.66. The molecule has 0 radical (unpaired) electrons. The van der Waals surface area contributed by atoms with Crippen molar-refractivity contribution in [3.05, 3.63) is 82.7 Å². The summed E-state index contributed by atoms with van der Waals surface area (Å²) in [4.78, 5) is 28.6. The number of likely N-dealkylation sites (N-methyl/N-ethyl adjacent to an activating group) is 1. The molecule has 0 aliphatic carbocycles. The predicted molar refractivity (Wildman–Crippen MR) is 121 cm³/mol. The molecular formula is C26H21FN2O5. The van der Waals surface area contributed by atoms with Gasteiger partial charge in [-0.3, -0.25) is 9.59 Å². The van der Waals surface area contributed by atoms with Gasteiger partial charge in [0.05, 0.1) is 0 Å². The van der Waals surface area contributed by atoms with Crippen LogP contribution in [0.1, 0.15) is 27.0 Å². The number of amides is 2. The number of anilines is 1. The van der Waals surface area contributed by atoms with E-state index in [2.05, 4.69) is 5.32 Å². The number of nitrogens with zero attached hydrogens (tertiary/aromatic N) is 1. The summed E-state index contributed by atoms with van der Waals surface area (Å²) in [5.41, 5.74) is 1.91. The first-order valence-electron chi connectivity index (χ1n) is 11.0. The fraction of sp³-hybridized carbons (Fsp3) is 0.231. The largest absolute Gasteiger partial charge is 0.491 e. The van der Waals surface area contributed by atoms with Gasteiger partial charge >= 0.3 is 0 Å². The van der Waals surface area contributed by atoms with Gasteiger partial charge in [0, 0.05) is 42.0 Å². The van der Waals surface area contributed by atoms with Gasteiger partial charge in [-0.25, -0.2) is 4.39 Å². The number of halogens is 1. The lowest BCUT2D eigenvalue weighted by Crippen LogP contribution is -2.42. The average Bonchev–Trinajstić information content (AvgIpc) is 3.33. The number of carbonyl (C=O) groups is 2. The summed E-state index contributed by atoms with van der Waals surface area (Å²) in [6.45, 7) is 1.16. The van der Waals surface area contributed by atoms with Crippen LogP contribution in [0.4, 0.5) is 10.1 Å². The van der Waals surface area contributed by atoms with Crippen LogP contribution in [-0.2, 0) is 16.8 Å². The monoisotopic (exact) mass is 460 g/mol. The molecule has 3 aromatic carbocycles. The number of hydrogen-bond donors (Lipinski definition) is 1. The average molecular weight is 460 g/mol. The Balaban J connectivity index is 1.43. The smallest absolute Gasteiger partial charge is 0.251 e. The lowest BCUT2D eigenvalue weighted by Gasteiger charge is -2.25. The Morgan fingerprint density at radius 2 is 1.76 bits per heavy atom. The molecule has 0 fully saturated rings. The molecule has 1 atom stereocenters. The van der Waals surface area contributed by atoms with Gasteiger partial charge in [0.25, 0.3) is 5.91 Å². The van der Waals surface area contributed by atoms with Crippen LogP contribution in [0.3, 0.4) is 0 Å². The molecule has 8 heteroatoms. The minimum absolute atomic E-state index is 0.0731. The van der Waals surface area contributed by atoms with Crippen molar-refractivity contribution in [2.75, 3.05) is 31.8 Å². The second-order valence-corrected chi connectivity index (χ2v) is 8.56. The van der Waals surface area contributed by atoms with E-state index in [1.165, 1.54) is 12.1 Å². The molecule has 34 heavy (non-hydrogen) atoms. The van der Waals surface area contributed by atoms with Crippen LogP contribution in [-0.4, -0.2) is 38.7 Å². The molecule has 0 bridgehead atoms. The predicted octanol–water partition coefficient (Wildman–Crippen LogP) is 3.18. The fourth-order valence-electron chi connectivity index (χ4n) is 5.01. The lowest BCUT2D eigenvalue weighted by atomic mass is 9.75. The molecule has 1 N–H and O–H groups in total. The maximum atomic E-state index is 13.7. The molecule has 1 spiro atoms. The summed E-state index contributed by atoms with van der Waals surface area (Å²) in [5.74, 6) is 0.839. The van der Waals surface area contributed by atoms with Crippen LogP contribution in [0, 0.1) is 5.82 Å². The van der Waals surface area contributed by atoms with Crippen molar-refractivity contribution in [2.24, 2.45) is 0 Å². The van der Waals surface area contributed by atoms with E-state index >= 15 is 0 Å². The van der Waals surface area contributed by atoms with Gasteiger partial charge in [-0.15, -0.1) is 0 Å². The van der Waals surface area contributed by atoms with Gasteiger partial charge < -0.3 is 24.4 Å². The van der Waals surface area contributed by atoms with Crippen LogP contribution < -0.4 is 24.4 Å². The maximum Gasteiger partial charge on any atom is 0.251 e. The van der Waals surface area contributed by atoms with E-state index in [0.717, 1.165) is 5.56 Å². The zero-order chi connectivity index (χ0) is 23.4. The van der Waals surface area contributed by atoms with Crippen molar-refractivity contribution in [1.29, 1.82) is 0 Å². The van der Waals surface area contributed by atoms with E-state index in [9.17, 15) is 14.0 Å². The second kappa shape index (κ2) is 7.48. The van der Waals surface area contributed by atoms with Gasteiger partial charge in [0.1, 0.15) is 36.8 Å². The quantitative estimate of drug-likeness (QED) is 0.650. The Hall–Kier alpha value is -4.07. The topological polar surface area (TPSA) is 77.1 Å². The van der Waals surface area contributed by atoms with E-state index in [-0.39, 0.29) is 30.8 Å². The zero-order valence-corrected chi connectivity index (χ0v) is 18.4. The number of carbonyl (C=O) groups excluding carboxylic acids is 2. The molecule has 0 saturated heterocycles. The summed E-state index contributed by atoms with van der Waals surface area (Å²) >= 11 is 0. The minimum atomic E-state index is -1.17. The van der Waals surface area contributed by atoms with Gasteiger partial charge in [-0.2, -0.15) is 0 Å². The van der Waals surface area contributed by atoms with Crippen molar-refractivity contribution in [2.45, 2.75) is 12.0 Å². The Kier molecular flexibility index (Phi) is 4.52. The molecule has 0 saturated carbocycles.